The van der Waals surface area contributed by atoms with Crippen LogP contribution in [-0.4, -0.2) is 19.7 Å². The summed E-state index contributed by atoms with van der Waals surface area (Å²) >= 11 is 9.58. The maximum Gasteiger partial charge on any atom is 0.179 e. The van der Waals surface area contributed by atoms with Crippen molar-refractivity contribution >= 4 is 27.5 Å². The first kappa shape index (κ1) is 13.5. The van der Waals surface area contributed by atoms with Gasteiger partial charge in [0.15, 0.2) is 5.82 Å². The molecule has 0 saturated heterocycles. The molecule has 0 spiro atoms. The molecule has 18 heavy (non-hydrogen) atoms. The van der Waals surface area contributed by atoms with Gasteiger partial charge in [-0.05, 0) is 34.8 Å². The molecule has 0 bridgehead atoms. The second kappa shape index (κ2) is 5.36. The van der Waals surface area contributed by atoms with Gasteiger partial charge in [-0.25, -0.2) is 9.97 Å². The smallest absolute Gasteiger partial charge is 0.179 e. The Labute approximate surface area is 120 Å². The molecule has 2 aromatic rings. The highest BCUT2D eigenvalue weighted by atomic mass is 79.9. The number of hydrogen-bond acceptors (Lipinski definition) is 3. The molecule has 0 amide bonds. The van der Waals surface area contributed by atoms with Crippen molar-refractivity contribution in [2.24, 2.45) is 0 Å². The van der Waals surface area contributed by atoms with Crippen LogP contribution >= 0.6 is 27.5 Å². The van der Waals surface area contributed by atoms with Crippen molar-refractivity contribution in [3.8, 4) is 11.5 Å². The van der Waals surface area contributed by atoms with Crippen molar-refractivity contribution < 1.29 is 0 Å². The monoisotopic (exact) mass is 328 g/mol. The lowest BCUT2D eigenvalue weighted by Gasteiger charge is -2.11. The minimum Gasteiger partial charge on any atom is -0.262 e. The van der Waals surface area contributed by atoms with Crippen LogP contribution in [0, 0.1) is 0 Å². The topological polar surface area (TPSA) is 43.6 Å². The standard InChI is InChI=1S/C12H14BrClN4/c1-4-18-8(5-6-15-18)12-16-10(7(2)3)9(13)11(14)17-12/h5-7H,4H2,1-3H3. The van der Waals surface area contributed by atoms with Crippen LogP contribution in [0.3, 0.4) is 0 Å². The fourth-order valence-electron chi connectivity index (χ4n) is 1.71. The van der Waals surface area contributed by atoms with Crippen LogP contribution in [-0.2, 0) is 6.54 Å². The van der Waals surface area contributed by atoms with Gasteiger partial charge in [0, 0.05) is 12.7 Å². The van der Waals surface area contributed by atoms with Crippen LogP contribution < -0.4 is 0 Å². The van der Waals surface area contributed by atoms with Gasteiger partial charge in [-0.1, -0.05) is 25.4 Å². The van der Waals surface area contributed by atoms with Gasteiger partial charge < -0.3 is 0 Å². The molecule has 2 heterocycles. The Kier molecular flexibility index (Phi) is 4.02. The van der Waals surface area contributed by atoms with Gasteiger partial charge in [-0.2, -0.15) is 5.10 Å². The van der Waals surface area contributed by atoms with E-state index in [1.54, 1.807) is 6.20 Å². The number of nitrogens with zero attached hydrogens (tertiary/aromatic N) is 4. The zero-order valence-electron chi connectivity index (χ0n) is 10.5. The quantitative estimate of drug-likeness (QED) is 0.802. The van der Waals surface area contributed by atoms with Gasteiger partial charge in [0.1, 0.15) is 10.8 Å². The molecule has 0 radical (unpaired) electrons. The predicted octanol–water partition coefficient (Wildman–Crippen LogP) is 3.90. The molecule has 0 aliphatic carbocycles. The third kappa shape index (κ3) is 2.42. The molecular weight excluding hydrogens is 316 g/mol. The fraction of sp³-hybridized carbons (Fsp3) is 0.417. The molecule has 0 aliphatic rings. The predicted molar refractivity (Wildman–Crippen MR) is 75.7 cm³/mol. The summed E-state index contributed by atoms with van der Waals surface area (Å²) in [6, 6.07) is 1.90. The number of rotatable bonds is 3. The van der Waals surface area contributed by atoms with Crippen LogP contribution in [0.15, 0.2) is 16.7 Å². The lowest BCUT2D eigenvalue weighted by atomic mass is 10.1. The Morgan fingerprint density at radius 2 is 2.11 bits per heavy atom. The lowest BCUT2D eigenvalue weighted by molar-refractivity contribution is 0.662. The summed E-state index contributed by atoms with van der Waals surface area (Å²) in [5.74, 6) is 0.892. The molecule has 0 aromatic carbocycles. The Bertz CT molecular complexity index is 565. The first-order valence-corrected chi connectivity index (χ1v) is 6.96. The van der Waals surface area contributed by atoms with E-state index in [4.69, 9.17) is 11.6 Å². The zero-order chi connectivity index (χ0) is 13.3. The Morgan fingerprint density at radius 1 is 1.39 bits per heavy atom. The highest BCUT2D eigenvalue weighted by Gasteiger charge is 2.16. The van der Waals surface area contributed by atoms with Gasteiger partial charge in [0.05, 0.1) is 10.2 Å². The average molecular weight is 330 g/mol. The van der Waals surface area contributed by atoms with Crippen LogP contribution in [0.25, 0.3) is 11.5 Å². The minimum atomic E-state index is 0.275. The largest absolute Gasteiger partial charge is 0.262 e. The van der Waals surface area contributed by atoms with Gasteiger partial charge in [0.2, 0.25) is 0 Å². The number of hydrogen-bond donors (Lipinski definition) is 0. The van der Waals surface area contributed by atoms with E-state index >= 15 is 0 Å². The Hall–Kier alpha value is -0.940. The van der Waals surface area contributed by atoms with E-state index in [9.17, 15) is 0 Å². The maximum absolute atomic E-state index is 6.15. The van der Waals surface area contributed by atoms with Crippen molar-refractivity contribution in [1.29, 1.82) is 0 Å². The number of aromatic nitrogens is 4. The third-order valence-corrected chi connectivity index (χ3v) is 3.91. The molecule has 0 N–H and O–H groups in total. The summed E-state index contributed by atoms with van der Waals surface area (Å²) in [7, 11) is 0. The molecule has 0 unspecified atom stereocenters. The summed E-state index contributed by atoms with van der Waals surface area (Å²) in [4.78, 5) is 8.89. The molecule has 0 aliphatic heterocycles. The molecule has 6 heteroatoms. The summed E-state index contributed by atoms with van der Waals surface area (Å²) < 4.78 is 2.62. The van der Waals surface area contributed by atoms with E-state index in [0.717, 1.165) is 22.4 Å². The molecule has 4 nitrogen and oxygen atoms in total. The second-order valence-electron chi connectivity index (χ2n) is 4.22. The highest BCUT2D eigenvalue weighted by Crippen LogP contribution is 2.30. The highest BCUT2D eigenvalue weighted by molar-refractivity contribution is 9.10. The van der Waals surface area contributed by atoms with Gasteiger partial charge in [-0.3, -0.25) is 4.68 Å². The van der Waals surface area contributed by atoms with Crippen molar-refractivity contribution in [2.45, 2.75) is 33.2 Å². The van der Waals surface area contributed by atoms with Crippen LogP contribution in [0.1, 0.15) is 32.4 Å². The molecule has 2 aromatic heterocycles. The summed E-state index contributed by atoms with van der Waals surface area (Å²) in [5, 5.41) is 4.66. The maximum atomic E-state index is 6.15. The van der Waals surface area contributed by atoms with Crippen LogP contribution in [0.5, 0.6) is 0 Å². The number of aryl methyl sites for hydroxylation is 1. The van der Waals surface area contributed by atoms with Crippen molar-refractivity contribution in [2.75, 3.05) is 0 Å². The van der Waals surface area contributed by atoms with Crippen molar-refractivity contribution in [3.63, 3.8) is 0 Å². The van der Waals surface area contributed by atoms with Crippen LogP contribution in [0.4, 0.5) is 0 Å². The Morgan fingerprint density at radius 3 is 2.72 bits per heavy atom. The Balaban J connectivity index is 2.59. The van der Waals surface area contributed by atoms with Gasteiger partial charge >= 0.3 is 0 Å². The van der Waals surface area contributed by atoms with E-state index in [1.807, 2.05) is 17.7 Å². The van der Waals surface area contributed by atoms with E-state index in [1.165, 1.54) is 0 Å². The van der Waals surface area contributed by atoms with Gasteiger partial charge in [-0.15, -0.1) is 0 Å². The molecule has 0 atom stereocenters. The minimum absolute atomic E-state index is 0.275. The summed E-state index contributed by atoms with van der Waals surface area (Å²) in [6.07, 6.45) is 1.74. The van der Waals surface area contributed by atoms with E-state index in [0.29, 0.717) is 11.0 Å². The third-order valence-electron chi connectivity index (χ3n) is 2.63. The fourth-order valence-corrected chi connectivity index (χ4v) is 2.52. The second-order valence-corrected chi connectivity index (χ2v) is 5.38. The molecule has 0 fully saturated rings. The SMILES string of the molecule is CCn1nccc1-c1nc(Cl)c(Br)c(C(C)C)n1. The molecule has 2 rings (SSSR count). The zero-order valence-corrected chi connectivity index (χ0v) is 12.8. The summed E-state index contributed by atoms with van der Waals surface area (Å²) in [5.41, 5.74) is 1.79. The van der Waals surface area contributed by atoms with Crippen molar-refractivity contribution in [3.05, 3.63) is 27.6 Å². The van der Waals surface area contributed by atoms with Crippen LogP contribution in [0.2, 0.25) is 5.15 Å². The molecule has 96 valence electrons. The van der Waals surface area contributed by atoms with Crippen molar-refractivity contribution in [1.82, 2.24) is 19.7 Å². The van der Waals surface area contributed by atoms with Gasteiger partial charge in [0.25, 0.3) is 0 Å². The lowest BCUT2D eigenvalue weighted by Crippen LogP contribution is -2.05. The van der Waals surface area contributed by atoms with E-state index in [2.05, 4.69) is 44.8 Å². The first-order valence-electron chi connectivity index (χ1n) is 5.79. The average Bonchev–Trinajstić information content (AvgIpc) is 2.80. The molecule has 0 saturated carbocycles. The summed E-state index contributed by atoms with van der Waals surface area (Å²) in [6.45, 7) is 6.95. The normalized spacial score (nSPS) is 11.2. The van der Waals surface area contributed by atoms with E-state index < -0.39 is 0 Å². The first-order chi connectivity index (χ1) is 8.54. The number of halogens is 2. The van der Waals surface area contributed by atoms with E-state index in [-0.39, 0.29) is 5.92 Å². The molecular formula is C12H14BrClN4.